The van der Waals surface area contributed by atoms with Crippen molar-refractivity contribution in [3.8, 4) is 0 Å². The second kappa shape index (κ2) is 6.62. The highest BCUT2D eigenvalue weighted by Gasteiger charge is 2.42. The SMILES string of the molecule is Cc1cncnc1N1CC2CN(C(=O)Cc3cn(C)c4ccccc34)CC2C1. The maximum absolute atomic E-state index is 13.0. The highest BCUT2D eigenvalue weighted by molar-refractivity contribution is 5.89. The minimum atomic E-state index is 0.246. The molecule has 6 heteroatoms. The van der Waals surface area contributed by atoms with E-state index in [0.717, 1.165) is 43.1 Å². The standard InChI is InChI=1S/C22H25N5O/c1-15-8-23-14-24-22(15)27-12-17-10-26(11-18(17)13-27)21(28)7-16-9-25(2)20-6-4-3-5-19(16)20/h3-6,8-9,14,17-18H,7,10-13H2,1-2H3. The first kappa shape index (κ1) is 17.2. The Morgan fingerprint density at radius 1 is 1.14 bits per heavy atom. The Kier molecular flexibility index (Phi) is 4.07. The molecule has 1 amide bonds. The Labute approximate surface area is 164 Å². The first-order chi connectivity index (χ1) is 13.6. The Morgan fingerprint density at radius 3 is 2.64 bits per heavy atom. The van der Waals surface area contributed by atoms with E-state index < -0.39 is 0 Å². The van der Waals surface area contributed by atoms with Gasteiger partial charge in [0.25, 0.3) is 0 Å². The number of benzene rings is 1. The van der Waals surface area contributed by atoms with Gasteiger partial charge in [0.15, 0.2) is 0 Å². The Balaban J connectivity index is 1.26. The van der Waals surface area contributed by atoms with Crippen LogP contribution in [0.1, 0.15) is 11.1 Å². The summed E-state index contributed by atoms with van der Waals surface area (Å²) >= 11 is 0. The van der Waals surface area contributed by atoms with Crippen molar-refractivity contribution in [3.05, 3.63) is 54.1 Å². The van der Waals surface area contributed by atoms with Gasteiger partial charge in [0.1, 0.15) is 12.1 Å². The van der Waals surface area contributed by atoms with Gasteiger partial charge in [0.2, 0.25) is 5.91 Å². The van der Waals surface area contributed by atoms with E-state index in [2.05, 4.69) is 49.6 Å². The number of likely N-dealkylation sites (tertiary alicyclic amines) is 1. The van der Waals surface area contributed by atoms with Gasteiger partial charge < -0.3 is 14.4 Å². The minimum Gasteiger partial charge on any atom is -0.356 e. The predicted molar refractivity (Wildman–Crippen MR) is 109 cm³/mol. The summed E-state index contributed by atoms with van der Waals surface area (Å²) in [5, 5.41) is 1.18. The molecule has 4 heterocycles. The van der Waals surface area contributed by atoms with Gasteiger partial charge in [-0.3, -0.25) is 4.79 Å². The van der Waals surface area contributed by atoms with Crippen molar-refractivity contribution in [3.63, 3.8) is 0 Å². The minimum absolute atomic E-state index is 0.246. The summed E-state index contributed by atoms with van der Waals surface area (Å²) in [7, 11) is 2.04. The van der Waals surface area contributed by atoms with Crippen LogP contribution in [0.25, 0.3) is 10.9 Å². The molecule has 0 N–H and O–H groups in total. The molecule has 144 valence electrons. The monoisotopic (exact) mass is 375 g/mol. The molecule has 0 aliphatic carbocycles. The smallest absolute Gasteiger partial charge is 0.227 e. The number of anilines is 1. The second-order valence-corrected chi connectivity index (χ2v) is 8.21. The van der Waals surface area contributed by atoms with Crippen molar-refractivity contribution >= 4 is 22.6 Å². The lowest BCUT2D eigenvalue weighted by molar-refractivity contribution is -0.129. The summed E-state index contributed by atoms with van der Waals surface area (Å²) in [6.45, 7) is 5.72. The number of amides is 1. The van der Waals surface area contributed by atoms with Crippen LogP contribution in [0.5, 0.6) is 0 Å². The van der Waals surface area contributed by atoms with Crippen molar-refractivity contribution in [1.29, 1.82) is 0 Å². The van der Waals surface area contributed by atoms with Crippen LogP contribution in [0.4, 0.5) is 5.82 Å². The topological polar surface area (TPSA) is 54.3 Å². The number of carbonyl (C=O) groups is 1. The zero-order chi connectivity index (χ0) is 19.3. The molecule has 2 saturated heterocycles. The van der Waals surface area contributed by atoms with Gasteiger partial charge in [-0.25, -0.2) is 9.97 Å². The zero-order valence-corrected chi connectivity index (χ0v) is 16.4. The Bertz CT molecular complexity index is 1030. The molecule has 2 unspecified atom stereocenters. The van der Waals surface area contributed by atoms with E-state index in [4.69, 9.17) is 0 Å². The lowest BCUT2D eigenvalue weighted by Gasteiger charge is -2.23. The van der Waals surface area contributed by atoms with Crippen molar-refractivity contribution in [1.82, 2.24) is 19.4 Å². The van der Waals surface area contributed by atoms with Crippen LogP contribution in [0, 0.1) is 18.8 Å². The number of hydrogen-bond donors (Lipinski definition) is 0. The molecule has 28 heavy (non-hydrogen) atoms. The molecule has 0 radical (unpaired) electrons. The summed E-state index contributed by atoms with van der Waals surface area (Å²) in [5.41, 5.74) is 3.42. The van der Waals surface area contributed by atoms with Gasteiger partial charge in [0.05, 0.1) is 6.42 Å². The molecule has 0 bridgehead atoms. The van der Waals surface area contributed by atoms with Gasteiger partial charge in [0, 0.05) is 73.9 Å². The van der Waals surface area contributed by atoms with Gasteiger partial charge >= 0.3 is 0 Å². The maximum Gasteiger partial charge on any atom is 0.227 e. The van der Waals surface area contributed by atoms with Crippen LogP contribution < -0.4 is 4.90 Å². The molecule has 2 aliphatic heterocycles. The molecule has 2 fully saturated rings. The quantitative estimate of drug-likeness (QED) is 0.706. The van der Waals surface area contributed by atoms with E-state index in [9.17, 15) is 4.79 Å². The number of aryl methyl sites for hydroxylation is 2. The third kappa shape index (κ3) is 2.84. The number of aromatic nitrogens is 3. The predicted octanol–water partition coefficient (Wildman–Crippen LogP) is 2.41. The summed E-state index contributed by atoms with van der Waals surface area (Å²) in [5.74, 6) is 2.35. The molecular weight excluding hydrogens is 350 g/mol. The van der Waals surface area contributed by atoms with E-state index in [-0.39, 0.29) is 5.91 Å². The molecule has 1 aromatic carbocycles. The van der Waals surface area contributed by atoms with Gasteiger partial charge in [-0.15, -0.1) is 0 Å². The van der Waals surface area contributed by atoms with E-state index in [1.165, 1.54) is 10.9 Å². The maximum atomic E-state index is 13.0. The Morgan fingerprint density at radius 2 is 1.89 bits per heavy atom. The van der Waals surface area contributed by atoms with Crippen LogP contribution in [-0.4, -0.2) is 51.5 Å². The van der Waals surface area contributed by atoms with Crippen LogP contribution >= 0.6 is 0 Å². The fraction of sp³-hybridized carbons (Fsp3) is 0.409. The number of fused-ring (bicyclic) bond motifs is 2. The fourth-order valence-electron chi connectivity index (χ4n) is 4.93. The average molecular weight is 375 g/mol. The van der Waals surface area contributed by atoms with E-state index in [1.54, 1.807) is 6.33 Å². The molecule has 0 saturated carbocycles. The van der Waals surface area contributed by atoms with Crippen LogP contribution in [0.15, 0.2) is 43.0 Å². The molecule has 6 nitrogen and oxygen atoms in total. The number of rotatable bonds is 3. The molecule has 2 aromatic heterocycles. The molecule has 2 aliphatic rings. The second-order valence-electron chi connectivity index (χ2n) is 8.21. The van der Waals surface area contributed by atoms with E-state index in [1.807, 2.05) is 25.4 Å². The molecule has 0 spiro atoms. The highest BCUT2D eigenvalue weighted by Crippen LogP contribution is 2.34. The third-order valence-corrected chi connectivity index (χ3v) is 6.33. The highest BCUT2D eigenvalue weighted by atomic mass is 16.2. The average Bonchev–Trinajstić information content (AvgIpc) is 3.35. The van der Waals surface area contributed by atoms with Crippen molar-refractivity contribution in [2.75, 3.05) is 31.1 Å². The third-order valence-electron chi connectivity index (χ3n) is 6.33. The van der Waals surface area contributed by atoms with Gasteiger partial charge in [-0.1, -0.05) is 18.2 Å². The molecule has 5 rings (SSSR count). The normalized spacial score (nSPS) is 21.5. The molecule has 3 aromatic rings. The number of carbonyl (C=O) groups excluding carboxylic acids is 1. The molecular formula is C22H25N5O. The van der Waals surface area contributed by atoms with E-state index >= 15 is 0 Å². The number of nitrogens with zero attached hydrogens (tertiary/aromatic N) is 5. The first-order valence-corrected chi connectivity index (χ1v) is 9.92. The summed E-state index contributed by atoms with van der Waals surface area (Å²) in [6, 6.07) is 8.30. The van der Waals surface area contributed by atoms with Crippen molar-refractivity contribution in [2.45, 2.75) is 13.3 Å². The fourth-order valence-corrected chi connectivity index (χ4v) is 4.93. The first-order valence-electron chi connectivity index (χ1n) is 9.92. The van der Waals surface area contributed by atoms with Crippen molar-refractivity contribution < 1.29 is 4.79 Å². The van der Waals surface area contributed by atoms with Crippen LogP contribution in [0.3, 0.4) is 0 Å². The van der Waals surface area contributed by atoms with Gasteiger partial charge in [-0.2, -0.15) is 0 Å². The summed E-state index contributed by atoms with van der Waals surface area (Å²) < 4.78 is 2.11. The lowest BCUT2D eigenvalue weighted by Crippen LogP contribution is -2.34. The van der Waals surface area contributed by atoms with Gasteiger partial charge in [-0.05, 0) is 18.6 Å². The largest absolute Gasteiger partial charge is 0.356 e. The summed E-state index contributed by atoms with van der Waals surface area (Å²) in [6.07, 6.45) is 6.07. The van der Waals surface area contributed by atoms with Crippen LogP contribution in [-0.2, 0) is 18.3 Å². The lowest BCUT2D eigenvalue weighted by atomic mass is 10.0. The Hall–Kier alpha value is -2.89. The summed E-state index contributed by atoms with van der Waals surface area (Å²) in [4.78, 5) is 26.0. The van der Waals surface area contributed by atoms with Crippen LogP contribution in [0.2, 0.25) is 0 Å². The number of para-hydroxylation sites is 1. The molecule has 2 atom stereocenters. The van der Waals surface area contributed by atoms with Crippen molar-refractivity contribution in [2.24, 2.45) is 18.9 Å². The van der Waals surface area contributed by atoms with E-state index in [0.29, 0.717) is 18.3 Å². The zero-order valence-electron chi connectivity index (χ0n) is 16.4. The number of hydrogen-bond acceptors (Lipinski definition) is 4.